The molecule has 0 saturated heterocycles. The molecule has 0 bridgehead atoms. The van der Waals surface area contributed by atoms with Gasteiger partial charge in [-0.15, -0.1) is 11.3 Å². The van der Waals surface area contributed by atoms with Gasteiger partial charge in [-0.1, -0.05) is 12.1 Å². The van der Waals surface area contributed by atoms with Crippen molar-refractivity contribution in [1.29, 1.82) is 0 Å². The average molecular weight is 344 g/mol. The number of aromatic nitrogens is 2. The van der Waals surface area contributed by atoms with Crippen LogP contribution in [-0.4, -0.2) is 23.0 Å². The van der Waals surface area contributed by atoms with Gasteiger partial charge in [-0.2, -0.15) is 0 Å². The van der Waals surface area contributed by atoms with Gasteiger partial charge in [0.2, 0.25) is 5.88 Å². The quantitative estimate of drug-likeness (QED) is 0.696. The Morgan fingerprint density at radius 2 is 2.17 bits per heavy atom. The summed E-state index contributed by atoms with van der Waals surface area (Å²) in [5, 5.41) is 2.70. The van der Waals surface area contributed by atoms with Crippen molar-refractivity contribution in [3.63, 3.8) is 0 Å². The smallest absolute Gasteiger partial charge is 0.269 e. The van der Waals surface area contributed by atoms with E-state index in [-0.39, 0.29) is 11.8 Å². The van der Waals surface area contributed by atoms with E-state index in [4.69, 9.17) is 4.74 Å². The highest BCUT2D eigenvalue weighted by molar-refractivity contribution is 7.13. The monoisotopic (exact) mass is 344 g/mol. The van der Waals surface area contributed by atoms with E-state index in [0.29, 0.717) is 11.3 Å². The van der Waals surface area contributed by atoms with Crippen LogP contribution in [0.5, 0.6) is 5.88 Å². The first-order valence-corrected chi connectivity index (χ1v) is 7.81. The molecule has 1 amide bonds. The molecule has 0 aliphatic rings. The number of amides is 1. The molecule has 8 heteroatoms. The number of methoxy groups -OCH3 is 1. The molecule has 2 heterocycles. The van der Waals surface area contributed by atoms with Gasteiger partial charge in [-0.05, 0) is 12.1 Å². The molecule has 0 unspecified atom stereocenters. The van der Waals surface area contributed by atoms with Gasteiger partial charge in [0.1, 0.15) is 5.01 Å². The van der Waals surface area contributed by atoms with Crippen LogP contribution in [0.3, 0.4) is 0 Å². The van der Waals surface area contributed by atoms with E-state index in [1.165, 1.54) is 30.7 Å². The Balaban J connectivity index is 1.69. The molecule has 0 aliphatic heterocycles. The Morgan fingerprint density at radius 3 is 2.88 bits per heavy atom. The van der Waals surface area contributed by atoms with Gasteiger partial charge in [0.05, 0.1) is 19.0 Å². The van der Waals surface area contributed by atoms with E-state index in [1.54, 1.807) is 24.4 Å². The molecule has 0 aliphatic carbocycles. The number of pyridine rings is 1. The molecule has 3 aromatic rings. The number of anilines is 1. The van der Waals surface area contributed by atoms with E-state index < -0.39 is 5.82 Å². The van der Waals surface area contributed by atoms with Crippen molar-refractivity contribution >= 4 is 22.9 Å². The van der Waals surface area contributed by atoms with Crippen molar-refractivity contribution in [3.8, 4) is 16.5 Å². The van der Waals surface area contributed by atoms with Gasteiger partial charge in [-0.25, -0.2) is 14.4 Å². The van der Waals surface area contributed by atoms with Crippen LogP contribution in [-0.2, 0) is 0 Å². The first kappa shape index (κ1) is 15.9. The molecule has 6 nitrogen and oxygen atoms in total. The second-order valence-corrected chi connectivity index (χ2v) is 5.61. The lowest BCUT2D eigenvalue weighted by Gasteiger charge is -2.09. The van der Waals surface area contributed by atoms with Crippen LogP contribution in [0, 0.1) is 5.82 Å². The molecule has 24 heavy (non-hydrogen) atoms. The molecule has 2 aromatic heterocycles. The zero-order chi connectivity index (χ0) is 16.9. The molecule has 0 radical (unpaired) electrons. The first-order chi connectivity index (χ1) is 11.7. The highest BCUT2D eigenvalue weighted by Crippen LogP contribution is 2.22. The number of carbonyl (C=O) groups is 1. The third kappa shape index (κ3) is 3.49. The molecule has 0 spiro atoms. The molecule has 0 saturated carbocycles. The second kappa shape index (κ2) is 7.05. The van der Waals surface area contributed by atoms with Crippen molar-refractivity contribution in [2.45, 2.75) is 0 Å². The van der Waals surface area contributed by atoms with E-state index in [9.17, 15) is 9.18 Å². The van der Waals surface area contributed by atoms with Crippen LogP contribution in [0.2, 0.25) is 0 Å². The Hall–Kier alpha value is -3.00. The summed E-state index contributed by atoms with van der Waals surface area (Å²) in [6, 6.07) is 8.26. The maximum Gasteiger partial charge on any atom is 0.269 e. The van der Waals surface area contributed by atoms with Gasteiger partial charge in [0.15, 0.2) is 5.82 Å². The summed E-state index contributed by atoms with van der Waals surface area (Å²) in [7, 11) is 1.33. The third-order valence-electron chi connectivity index (χ3n) is 3.13. The maximum absolute atomic E-state index is 13.6. The number of carbonyl (C=O) groups excluding carboxylic acids is 1. The largest absolute Gasteiger partial charge is 0.479 e. The number of hydrogen-bond acceptors (Lipinski definition) is 6. The van der Waals surface area contributed by atoms with Crippen LogP contribution in [0.4, 0.5) is 10.1 Å². The summed E-state index contributed by atoms with van der Waals surface area (Å²) in [5.74, 6) is -1.09. The van der Waals surface area contributed by atoms with Crippen LogP contribution in [0.15, 0.2) is 48.1 Å². The number of rotatable bonds is 5. The van der Waals surface area contributed by atoms with E-state index in [1.807, 2.05) is 11.4 Å². The zero-order valence-corrected chi connectivity index (χ0v) is 13.4. The maximum atomic E-state index is 13.6. The fraction of sp³-hybridized carbons (Fsp3) is 0.0625. The van der Waals surface area contributed by atoms with Gasteiger partial charge < -0.3 is 4.74 Å². The van der Waals surface area contributed by atoms with Crippen molar-refractivity contribution in [1.82, 2.24) is 15.4 Å². The topological polar surface area (TPSA) is 76.1 Å². The lowest BCUT2D eigenvalue weighted by Crippen LogP contribution is -2.29. The lowest BCUT2D eigenvalue weighted by atomic mass is 10.1. The van der Waals surface area contributed by atoms with Crippen LogP contribution in [0.25, 0.3) is 10.6 Å². The number of hydrazine groups is 1. The predicted molar refractivity (Wildman–Crippen MR) is 89.4 cm³/mol. The predicted octanol–water partition coefficient (Wildman–Crippen LogP) is 3.11. The van der Waals surface area contributed by atoms with Crippen LogP contribution < -0.4 is 15.6 Å². The fourth-order valence-corrected chi connectivity index (χ4v) is 2.64. The first-order valence-electron chi connectivity index (χ1n) is 6.93. The normalized spacial score (nSPS) is 10.2. The van der Waals surface area contributed by atoms with E-state index in [0.717, 1.165) is 10.6 Å². The molecule has 3 rings (SSSR count). The number of ether oxygens (including phenoxy) is 1. The summed E-state index contributed by atoms with van der Waals surface area (Å²) < 4.78 is 18.3. The number of nitrogens with one attached hydrogen (secondary N) is 2. The SMILES string of the molecule is COc1ncc(NNC(=O)c2cccc(-c3nccs3)c2)cc1F. The lowest BCUT2D eigenvalue weighted by molar-refractivity contribution is 0.0962. The summed E-state index contributed by atoms with van der Waals surface area (Å²) in [4.78, 5) is 20.2. The van der Waals surface area contributed by atoms with Gasteiger partial charge in [0.25, 0.3) is 5.91 Å². The minimum absolute atomic E-state index is 0.108. The highest BCUT2D eigenvalue weighted by Gasteiger charge is 2.09. The van der Waals surface area contributed by atoms with Crippen LogP contribution in [0.1, 0.15) is 10.4 Å². The van der Waals surface area contributed by atoms with E-state index in [2.05, 4.69) is 20.8 Å². The van der Waals surface area contributed by atoms with Gasteiger partial charge in [0, 0.05) is 28.8 Å². The molecule has 2 N–H and O–H groups in total. The van der Waals surface area contributed by atoms with Gasteiger partial charge in [-0.3, -0.25) is 15.6 Å². The van der Waals surface area contributed by atoms with Crippen LogP contribution >= 0.6 is 11.3 Å². The summed E-state index contributed by atoms with van der Waals surface area (Å²) >= 11 is 1.49. The molecule has 122 valence electrons. The Morgan fingerprint density at radius 1 is 1.29 bits per heavy atom. The highest BCUT2D eigenvalue weighted by atomic mass is 32.1. The number of thiazole rings is 1. The number of nitrogens with zero attached hydrogens (tertiary/aromatic N) is 2. The van der Waals surface area contributed by atoms with Crippen molar-refractivity contribution in [3.05, 3.63) is 59.5 Å². The molecule has 1 aromatic carbocycles. The minimum Gasteiger partial charge on any atom is -0.479 e. The minimum atomic E-state index is -0.623. The molecule has 0 atom stereocenters. The zero-order valence-electron chi connectivity index (χ0n) is 12.6. The molecular weight excluding hydrogens is 331 g/mol. The number of halogens is 1. The Labute approximate surface area is 141 Å². The Kier molecular flexibility index (Phi) is 4.66. The average Bonchev–Trinajstić information content (AvgIpc) is 3.14. The van der Waals surface area contributed by atoms with Crippen molar-refractivity contribution < 1.29 is 13.9 Å². The van der Waals surface area contributed by atoms with Crippen molar-refractivity contribution in [2.24, 2.45) is 0 Å². The summed E-state index contributed by atoms with van der Waals surface area (Å²) in [5.41, 5.74) is 6.73. The fourth-order valence-electron chi connectivity index (χ4n) is 2.00. The standard InChI is InChI=1S/C16H13FN4O2S/c1-23-15-13(17)8-12(9-19-15)20-21-14(22)10-3-2-4-11(7-10)16-18-5-6-24-16/h2-9,20H,1H3,(H,21,22). The molecule has 0 fully saturated rings. The second-order valence-electron chi connectivity index (χ2n) is 4.71. The van der Waals surface area contributed by atoms with Crippen molar-refractivity contribution in [2.75, 3.05) is 12.5 Å². The van der Waals surface area contributed by atoms with Gasteiger partial charge >= 0.3 is 0 Å². The summed E-state index contributed by atoms with van der Waals surface area (Å²) in [6.07, 6.45) is 3.06. The number of benzene rings is 1. The number of hydrogen-bond donors (Lipinski definition) is 2. The third-order valence-corrected chi connectivity index (χ3v) is 3.95. The molecular formula is C16H13FN4O2S. The summed E-state index contributed by atoms with van der Waals surface area (Å²) in [6.45, 7) is 0. The van der Waals surface area contributed by atoms with E-state index >= 15 is 0 Å². The Bertz CT molecular complexity index is 855.